The van der Waals surface area contributed by atoms with E-state index in [0.29, 0.717) is 30.0 Å². The minimum absolute atomic E-state index is 0.113. The Hall–Kier alpha value is -2.35. The van der Waals surface area contributed by atoms with Crippen LogP contribution in [0, 0.1) is 0 Å². The third-order valence-electron chi connectivity index (χ3n) is 3.34. The van der Waals surface area contributed by atoms with Gasteiger partial charge in [0, 0.05) is 30.0 Å². The summed E-state index contributed by atoms with van der Waals surface area (Å²) in [5.41, 5.74) is 0.977. The van der Waals surface area contributed by atoms with Crippen molar-refractivity contribution in [2.24, 2.45) is 0 Å². The summed E-state index contributed by atoms with van der Waals surface area (Å²) in [6.07, 6.45) is 0.370. The second-order valence-corrected chi connectivity index (χ2v) is 6.15. The summed E-state index contributed by atoms with van der Waals surface area (Å²) >= 11 is 1.16. The van der Waals surface area contributed by atoms with Crippen LogP contribution in [0.15, 0.2) is 24.3 Å². The maximum atomic E-state index is 12.0. The predicted molar refractivity (Wildman–Crippen MR) is 90.1 cm³/mol. The van der Waals surface area contributed by atoms with Crippen LogP contribution in [0.5, 0.6) is 0 Å². The Morgan fingerprint density at radius 3 is 2.54 bits per heavy atom. The lowest BCUT2D eigenvalue weighted by Crippen LogP contribution is -2.31. The zero-order valence-electron chi connectivity index (χ0n) is 13.2. The molecular weight excluding hydrogens is 332 g/mol. The molecule has 1 aromatic carbocycles. The fourth-order valence-electron chi connectivity index (χ4n) is 1.99. The minimum Gasteiger partial charge on any atom is -0.456 e. The van der Waals surface area contributed by atoms with Crippen molar-refractivity contribution >= 4 is 40.3 Å². The third kappa shape index (κ3) is 5.09. The number of anilines is 1. The van der Waals surface area contributed by atoms with Crippen LogP contribution >= 0.6 is 11.8 Å². The number of benzene rings is 1. The highest BCUT2D eigenvalue weighted by Gasteiger charge is 2.24. The van der Waals surface area contributed by atoms with Crippen LogP contribution in [0.1, 0.15) is 23.7 Å². The van der Waals surface area contributed by atoms with Crippen LogP contribution in [0.2, 0.25) is 0 Å². The fourth-order valence-corrected chi connectivity index (χ4v) is 2.81. The molecular formula is C16H18N2O5S. The van der Waals surface area contributed by atoms with Gasteiger partial charge in [0.2, 0.25) is 5.91 Å². The van der Waals surface area contributed by atoms with Crippen LogP contribution in [0.25, 0.3) is 0 Å². The maximum absolute atomic E-state index is 12.0. The lowest BCUT2D eigenvalue weighted by Gasteiger charge is -2.13. The Labute approximate surface area is 143 Å². The van der Waals surface area contributed by atoms with E-state index in [1.807, 2.05) is 0 Å². The number of amides is 2. The van der Waals surface area contributed by atoms with Gasteiger partial charge in [0.1, 0.15) is 6.54 Å². The van der Waals surface area contributed by atoms with E-state index < -0.39 is 5.97 Å². The van der Waals surface area contributed by atoms with Crippen LogP contribution in [-0.4, -0.2) is 53.2 Å². The summed E-state index contributed by atoms with van der Waals surface area (Å²) in [4.78, 5) is 47.7. The quantitative estimate of drug-likeness (QED) is 0.597. The first-order valence-electron chi connectivity index (χ1n) is 7.50. The average Bonchev–Trinajstić information content (AvgIpc) is 2.98. The van der Waals surface area contributed by atoms with Crippen molar-refractivity contribution in [3.8, 4) is 0 Å². The predicted octanol–water partition coefficient (Wildman–Crippen LogP) is 1.93. The SMILES string of the molecule is CCC(=O)Nc1ccc(C(=O)COC(=O)CN2CCSC2=O)cc1. The zero-order chi connectivity index (χ0) is 17.5. The van der Waals surface area contributed by atoms with Crippen LogP contribution < -0.4 is 5.32 Å². The third-order valence-corrected chi connectivity index (χ3v) is 4.23. The molecule has 0 aliphatic carbocycles. The Kier molecular flexibility index (Phi) is 6.36. The summed E-state index contributed by atoms with van der Waals surface area (Å²) in [7, 11) is 0. The summed E-state index contributed by atoms with van der Waals surface area (Å²) in [6.45, 7) is 1.74. The van der Waals surface area contributed by atoms with Gasteiger partial charge in [-0.05, 0) is 24.3 Å². The second kappa shape index (κ2) is 8.49. The van der Waals surface area contributed by atoms with E-state index in [1.165, 1.54) is 4.90 Å². The van der Waals surface area contributed by atoms with Gasteiger partial charge in [0.15, 0.2) is 12.4 Å². The van der Waals surface area contributed by atoms with Gasteiger partial charge in [0.25, 0.3) is 5.24 Å². The van der Waals surface area contributed by atoms with Gasteiger partial charge in [-0.15, -0.1) is 0 Å². The number of nitrogens with zero attached hydrogens (tertiary/aromatic N) is 1. The first-order valence-corrected chi connectivity index (χ1v) is 8.48. The van der Waals surface area contributed by atoms with Crippen molar-refractivity contribution in [1.29, 1.82) is 0 Å². The molecule has 8 heteroatoms. The maximum Gasteiger partial charge on any atom is 0.326 e. The van der Waals surface area contributed by atoms with Gasteiger partial charge >= 0.3 is 5.97 Å². The van der Waals surface area contributed by atoms with Crippen molar-refractivity contribution in [3.63, 3.8) is 0 Å². The van der Waals surface area contributed by atoms with Crippen LogP contribution in [0.3, 0.4) is 0 Å². The molecule has 1 aliphatic heterocycles. The van der Waals surface area contributed by atoms with Crippen molar-refractivity contribution < 1.29 is 23.9 Å². The van der Waals surface area contributed by atoms with Crippen molar-refractivity contribution in [1.82, 2.24) is 4.90 Å². The van der Waals surface area contributed by atoms with E-state index in [4.69, 9.17) is 4.74 Å². The molecule has 2 rings (SSSR count). The first-order chi connectivity index (χ1) is 11.5. The highest BCUT2D eigenvalue weighted by Crippen LogP contribution is 2.16. The number of Topliss-reactive ketones (excluding diaryl/α,β-unsaturated/α-hetero) is 1. The van der Waals surface area contributed by atoms with E-state index >= 15 is 0 Å². The lowest BCUT2D eigenvalue weighted by atomic mass is 10.1. The van der Waals surface area contributed by atoms with Crippen molar-refractivity contribution in [3.05, 3.63) is 29.8 Å². The molecule has 0 unspecified atom stereocenters. The number of ketones is 1. The molecule has 1 aromatic rings. The second-order valence-electron chi connectivity index (χ2n) is 5.10. The molecule has 1 heterocycles. The van der Waals surface area contributed by atoms with Gasteiger partial charge < -0.3 is 15.0 Å². The smallest absolute Gasteiger partial charge is 0.326 e. The van der Waals surface area contributed by atoms with Gasteiger partial charge in [-0.25, -0.2) is 0 Å². The highest BCUT2D eigenvalue weighted by atomic mass is 32.2. The number of carbonyl (C=O) groups excluding carboxylic acids is 4. The van der Waals surface area contributed by atoms with Gasteiger partial charge in [-0.1, -0.05) is 18.7 Å². The van der Waals surface area contributed by atoms with E-state index in [9.17, 15) is 19.2 Å². The Bertz CT molecular complexity index is 644. The molecule has 2 amide bonds. The summed E-state index contributed by atoms with van der Waals surface area (Å²) in [5, 5.41) is 2.53. The highest BCUT2D eigenvalue weighted by molar-refractivity contribution is 8.13. The van der Waals surface area contributed by atoms with E-state index in [1.54, 1.807) is 31.2 Å². The van der Waals surface area contributed by atoms with Crippen molar-refractivity contribution in [2.45, 2.75) is 13.3 Å². The molecule has 1 aliphatic rings. The number of thioether (sulfide) groups is 1. The topological polar surface area (TPSA) is 92.8 Å². The van der Waals surface area contributed by atoms with E-state index in [0.717, 1.165) is 11.8 Å². The Balaban J connectivity index is 1.80. The molecule has 128 valence electrons. The molecule has 1 fully saturated rings. The summed E-state index contributed by atoms with van der Waals surface area (Å²) in [6, 6.07) is 6.34. The number of nitrogens with one attached hydrogen (secondary N) is 1. The number of carbonyl (C=O) groups is 4. The number of hydrogen-bond acceptors (Lipinski definition) is 6. The van der Waals surface area contributed by atoms with Gasteiger partial charge in [0.05, 0.1) is 0 Å². The molecule has 7 nitrogen and oxygen atoms in total. The number of ether oxygens (including phenoxy) is 1. The molecule has 0 bridgehead atoms. The Morgan fingerprint density at radius 2 is 1.96 bits per heavy atom. The van der Waals surface area contributed by atoms with Crippen LogP contribution in [0.4, 0.5) is 10.5 Å². The molecule has 0 atom stereocenters. The number of esters is 1. The fraction of sp³-hybridized carbons (Fsp3) is 0.375. The molecule has 0 aromatic heterocycles. The summed E-state index contributed by atoms with van der Waals surface area (Å²) < 4.78 is 4.92. The number of hydrogen-bond donors (Lipinski definition) is 1. The first kappa shape index (κ1) is 18.0. The number of rotatable bonds is 7. The standard InChI is InChI=1S/C16H18N2O5S/c1-2-14(20)17-12-5-3-11(4-6-12)13(19)10-23-15(21)9-18-7-8-24-16(18)22/h3-6H,2,7-10H2,1H3,(H,17,20). The zero-order valence-corrected chi connectivity index (χ0v) is 14.1. The summed E-state index contributed by atoms with van der Waals surface area (Å²) in [5.74, 6) is -0.408. The molecule has 0 radical (unpaired) electrons. The normalized spacial score (nSPS) is 13.7. The van der Waals surface area contributed by atoms with Crippen molar-refractivity contribution in [2.75, 3.05) is 30.8 Å². The largest absolute Gasteiger partial charge is 0.456 e. The van der Waals surface area contributed by atoms with Gasteiger partial charge in [-0.3, -0.25) is 19.2 Å². The molecule has 0 spiro atoms. The molecule has 1 N–H and O–H groups in total. The lowest BCUT2D eigenvalue weighted by molar-refractivity contribution is -0.142. The minimum atomic E-state index is -0.606. The molecule has 24 heavy (non-hydrogen) atoms. The van der Waals surface area contributed by atoms with E-state index in [-0.39, 0.29) is 30.1 Å². The molecule has 1 saturated heterocycles. The average molecular weight is 350 g/mol. The monoisotopic (exact) mass is 350 g/mol. The van der Waals surface area contributed by atoms with Crippen LogP contribution in [-0.2, 0) is 14.3 Å². The molecule has 0 saturated carbocycles. The van der Waals surface area contributed by atoms with E-state index in [2.05, 4.69) is 5.32 Å². The van der Waals surface area contributed by atoms with Gasteiger partial charge in [-0.2, -0.15) is 0 Å². The Morgan fingerprint density at radius 1 is 1.25 bits per heavy atom.